The van der Waals surface area contributed by atoms with E-state index in [2.05, 4.69) is 25.9 Å². The molecule has 0 bridgehead atoms. The summed E-state index contributed by atoms with van der Waals surface area (Å²) in [6.45, 7) is 3.39. The number of hydrogen-bond acceptors (Lipinski definition) is 9. The number of nitrogens with zero attached hydrogens (tertiary/aromatic N) is 5. The smallest absolute Gasteiger partial charge is 0.316 e. The molecule has 0 aliphatic heterocycles. The molecule has 0 fully saturated rings. The molecule has 0 aliphatic rings. The van der Waals surface area contributed by atoms with E-state index in [4.69, 9.17) is 9.26 Å². The van der Waals surface area contributed by atoms with Gasteiger partial charge in [-0.2, -0.15) is 10.1 Å². The molecule has 13 nitrogen and oxygen atoms in total. The molecule has 2 aromatic heterocycles. The first kappa shape index (κ1) is 22.4. The number of hydrogen-bond donors (Lipinski definition) is 2. The van der Waals surface area contributed by atoms with Crippen LogP contribution in [0.1, 0.15) is 38.3 Å². The molecule has 0 atom stereocenters. The van der Waals surface area contributed by atoms with Gasteiger partial charge in [-0.05, 0) is 26.0 Å². The normalized spacial score (nSPS) is 10.6. The number of amides is 2. The maximum atomic E-state index is 12.2. The van der Waals surface area contributed by atoms with E-state index in [1.807, 2.05) is 0 Å². The van der Waals surface area contributed by atoms with Crippen LogP contribution in [0, 0.1) is 24.0 Å². The lowest BCUT2D eigenvalue weighted by molar-refractivity contribution is -0.386. The number of aromatic nitrogens is 4. The Morgan fingerprint density at radius 1 is 1.19 bits per heavy atom. The lowest BCUT2D eigenvalue weighted by atomic mass is 10.2. The molecular weight excluding hydrogens is 422 g/mol. The molecule has 0 saturated carbocycles. The van der Waals surface area contributed by atoms with Crippen LogP contribution in [0.15, 0.2) is 28.8 Å². The second-order valence-corrected chi connectivity index (χ2v) is 6.66. The van der Waals surface area contributed by atoms with Crippen LogP contribution >= 0.6 is 0 Å². The second-order valence-electron chi connectivity index (χ2n) is 6.66. The Morgan fingerprint density at radius 2 is 1.88 bits per heavy atom. The van der Waals surface area contributed by atoms with Crippen LogP contribution in [0.4, 0.5) is 5.69 Å². The van der Waals surface area contributed by atoms with Gasteiger partial charge in [0.2, 0.25) is 0 Å². The van der Waals surface area contributed by atoms with Crippen molar-refractivity contribution in [3.63, 3.8) is 0 Å². The van der Waals surface area contributed by atoms with Crippen molar-refractivity contribution in [2.75, 3.05) is 20.2 Å². The second kappa shape index (κ2) is 9.68. The van der Waals surface area contributed by atoms with E-state index in [1.165, 1.54) is 18.7 Å². The molecule has 2 heterocycles. The zero-order valence-electron chi connectivity index (χ0n) is 17.6. The van der Waals surface area contributed by atoms with Crippen molar-refractivity contribution in [1.29, 1.82) is 0 Å². The summed E-state index contributed by atoms with van der Waals surface area (Å²) in [6.07, 6.45) is 0. The van der Waals surface area contributed by atoms with Crippen molar-refractivity contribution in [3.8, 4) is 5.75 Å². The van der Waals surface area contributed by atoms with Gasteiger partial charge in [0.05, 0.1) is 17.6 Å². The average Bonchev–Trinajstić information content (AvgIpc) is 3.35. The lowest BCUT2D eigenvalue weighted by Crippen LogP contribution is -2.35. The fraction of sp³-hybridized carbons (Fsp3) is 0.316. The minimum Gasteiger partial charge on any atom is -0.496 e. The lowest BCUT2D eigenvalue weighted by Gasteiger charge is -2.09. The van der Waals surface area contributed by atoms with Gasteiger partial charge in [-0.25, -0.2) is 0 Å². The van der Waals surface area contributed by atoms with Crippen molar-refractivity contribution in [2.45, 2.75) is 20.4 Å². The molecule has 32 heavy (non-hydrogen) atoms. The third kappa shape index (κ3) is 4.88. The van der Waals surface area contributed by atoms with Crippen molar-refractivity contribution in [1.82, 2.24) is 30.6 Å². The predicted molar refractivity (Wildman–Crippen MR) is 109 cm³/mol. The van der Waals surface area contributed by atoms with Crippen molar-refractivity contribution < 1.29 is 23.8 Å². The summed E-state index contributed by atoms with van der Waals surface area (Å²) in [4.78, 5) is 39.0. The summed E-state index contributed by atoms with van der Waals surface area (Å²) in [5, 5.41) is 24.1. The Morgan fingerprint density at radius 3 is 2.53 bits per heavy atom. The number of carbonyl (C=O) groups excluding carboxylic acids is 2. The molecule has 2 amide bonds. The molecule has 0 radical (unpaired) electrons. The van der Waals surface area contributed by atoms with Crippen LogP contribution in [0.3, 0.4) is 0 Å². The number of methoxy groups -OCH3 is 1. The molecule has 0 unspecified atom stereocenters. The Labute approximate surface area is 181 Å². The molecule has 3 rings (SSSR count). The third-order valence-electron chi connectivity index (χ3n) is 4.53. The SMILES string of the molecule is COc1ccccc1C(=O)NCCNC(=O)c1nc(Cn2nc(C)c([N+](=O)[O-])c2C)no1. The number of aryl methyl sites for hydroxylation is 1. The van der Waals surface area contributed by atoms with E-state index >= 15 is 0 Å². The van der Waals surface area contributed by atoms with Gasteiger partial charge in [-0.15, -0.1) is 0 Å². The van der Waals surface area contributed by atoms with Gasteiger partial charge in [-0.3, -0.25) is 24.4 Å². The van der Waals surface area contributed by atoms with E-state index in [0.29, 0.717) is 17.0 Å². The topological polar surface area (TPSA) is 167 Å². The molecule has 168 valence electrons. The van der Waals surface area contributed by atoms with E-state index in [0.717, 1.165) is 0 Å². The highest BCUT2D eigenvalue weighted by Gasteiger charge is 2.23. The number of ether oxygens (including phenoxy) is 1. The Bertz CT molecular complexity index is 1150. The molecule has 1 aromatic carbocycles. The number of nitro groups is 1. The fourth-order valence-corrected chi connectivity index (χ4v) is 3.01. The van der Waals surface area contributed by atoms with Gasteiger partial charge in [0.1, 0.15) is 23.7 Å². The third-order valence-corrected chi connectivity index (χ3v) is 4.53. The standard InChI is InChI=1S/C19H21N7O6/c1-11-16(26(29)30)12(2)25(23-11)10-15-22-19(32-24-15)18(28)21-9-8-20-17(27)13-6-4-5-7-14(13)31-3/h4-7H,8-10H2,1-3H3,(H,20,27)(H,21,28). The molecule has 0 saturated heterocycles. The Hall–Kier alpha value is -4.29. The first-order chi connectivity index (χ1) is 15.3. The van der Waals surface area contributed by atoms with Crippen molar-refractivity contribution >= 4 is 17.5 Å². The first-order valence-corrected chi connectivity index (χ1v) is 9.52. The zero-order chi connectivity index (χ0) is 23.3. The highest BCUT2D eigenvalue weighted by molar-refractivity contribution is 5.97. The molecular formula is C19H21N7O6. The Kier molecular flexibility index (Phi) is 6.77. The summed E-state index contributed by atoms with van der Waals surface area (Å²) in [7, 11) is 1.47. The largest absolute Gasteiger partial charge is 0.496 e. The van der Waals surface area contributed by atoms with E-state index < -0.39 is 10.8 Å². The Balaban J connectivity index is 1.51. The highest BCUT2D eigenvalue weighted by atomic mass is 16.6. The monoisotopic (exact) mass is 443 g/mol. The molecule has 3 aromatic rings. The number of rotatable bonds is 9. The minimum absolute atomic E-state index is 0.00621. The summed E-state index contributed by atoms with van der Waals surface area (Å²) < 4.78 is 11.5. The first-order valence-electron chi connectivity index (χ1n) is 9.52. The van der Waals surface area contributed by atoms with Crippen LogP contribution in [-0.4, -0.2) is 56.9 Å². The fourth-order valence-electron chi connectivity index (χ4n) is 3.01. The summed E-state index contributed by atoms with van der Waals surface area (Å²) in [5.74, 6) is -0.641. The van der Waals surface area contributed by atoms with Crippen LogP contribution < -0.4 is 15.4 Å². The van der Waals surface area contributed by atoms with Gasteiger partial charge in [0.25, 0.3) is 5.91 Å². The molecule has 0 aliphatic carbocycles. The molecule has 13 heteroatoms. The maximum Gasteiger partial charge on any atom is 0.316 e. The molecule has 0 spiro atoms. The highest BCUT2D eigenvalue weighted by Crippen LogP contribution is 2.22. The van der Waals surface area contributed by atoms with Gasteiger partial charge in [0, 0.05) is 13.1 Å². The maximum absolute atomic E-state index is 12.2. The average molecular weight is 443 g/mol. The number of nitrogens with one attached hydrogen (secondary N) is 2. The van der Waals surface area contributed by atoms with Gasteiger partial charge >= 0.3 is 17.5 Å². The van der Waals surface area contributed by atoms with Crippen LogP contribution in [0.2, 0.25) is 0 Å². The summed E-state index contributed by atoms with van der Waals surface area (Å²) in [6, 6.07) is 6.78. The van der Waals surface area contributed by atoms with Gasteiger partial charge < -0.3 is 19.9 Å². The van der Waals surface area contributed by atoms with E-state index in [-0.39, 0.29) is 48.6 Å². The van der Waals surface area contributed by atoms with Crippen LogP contribution in [0.5, 0.6) is 5.75 Å². The minimum atomic E-state index is -0.616. The molecule has 2 N–H and O–H groups in total. The van der Waals surface area contributed by atoms with Crippen LogP contribution in [-0.2, 0) is 6.54 Å². The predicted octanol–water partition coefficient (Wildman–Crippen LogP) is 1.01. The number of carbonyl (C=O) groups is 2. The van der Waals surface area contributed by atoms with Gasteiger partial charge in [0.15, 0.2) is 5.82 Å². The van der Waals surface area contributed by atoms with Gasteiger partial charge in [-0.1, -0.05) is 17.3 Å². The summed E-state index contributed by atoms with van der Waals surface area (Å²) >= 11 is 0. The number of para-hydroxylation sites is 1. The van der Waals surface area contributed by atoms with Crippen molar-refractivity contribution in [2.24, 2.45) is 0 Å². The quantitative estimate of drug-likeness (QED) is 0.278. The summed E-state index contributed by atoms with van der Waals surface area (Å²) in [5.41, 5.74) is 0.909. The van der Waals surface area contributed by atoms with E-state index in [1.54, 1.807) is 31.2 Å². The van der Waals surface area contributed by atoms with E-state index in [9.17, 15) is 19.7 Å². The van der Waals surface area contributed by atoms with Crippen LogP contribution in [0.25, 0.3) is 0 Å². The number of benzene rings is 1. The van der Waals surface area contributed by atoms with Crippen molar-refractivity contribution in [3.05, 3.63) is 63.0 Å². The zero-order valence-corrected chi connectivity index (χ0v) is 17.6.